The Morgan fingerprint density at radius 3 is 2.50 bits per heavy atom. The summed E-state index contributed by atoms with van der Waals surface area (Å²) in [6.45, 7) is 9.23. The molecule has 1 aliphatic rings. The van der Waals surface area contributed by atoms with Crippen molar-refractivity contribution >= 4 is 11.8 Å². The van der Waals surface area contributed by atoms with Crippen LogP contribution in [0, 0.1) is 0 Å². The normalized spacial score (nSPS) is 17.5. The van der Waals surface area contributed by atoms with Crippen LogP contribution in [0.1, 0.15) is 46.1 Å². The number of amides is 1. The van der Waals surface area contributed by atoms with Crippen LogP contribution in [0.15, 0.2) is 24.3 Å². The summed E-state index contributed by atoms with van der Waals surface area (Å²) in [5.74, 6) is 0. The number of likely N-dealkylation sites (tertiary alicyclic amines) is 1. The number of hydrogen-bond donors (Lipinski definition) is 2. The molecule has 1 amide bonds. The topological polar surface area (TPSA) is 61.8 Å². The Labute approximate surface area is 145 Å². The van der Waals surface area contributed by atoms with E-state index in [1.165, 1.54) is 5.56 Å². The van der Waals surface area contributed by atoms with E-state index in [0.29, 0.717) is 32.5 Å². The Kier molecular flexibility index (Phi) is 5.75. The van der Waals surface area contributed by atoms with Crippen molar-refractivity contribution in [3.05, 3.63) is 29.8 Å². The molecule has 0 unspecified atom stereocenters. The summed E-state index contributed by atoms with van der Waals surface area (Å²) in [6.07, 6.45) is 1.75. The quantitative estimate of drug-likeness (QED) is 0.886. The molecule has 0 bridgehead atoms. The predicted molar refractivity (Wildman–Crippen MR) is 96.3 cm³/mol. The van der Waals surface area contributed by atoms with E-state index in [0.717, 1.165) is 12.1 Å². The molecule has 0 saturated carbocycles. The predicted octanol–water partition coefficient (Wildman–Crippen LogP) is 3.42. The Bertz CT molecular complexity index is 558. The lowest BCUT2D eigenvalue weighted by Gasteiger charge is -2.39. The second-order valence-corrected chi connectivity index (χ2v) is 7.56. The van der Waals surface area contributed by atoms with E-state index >= 15 is 0 Å². The zero-order chi connectivity index (χ0) is 17.8. The highest BCUT2D eigenvalue weighted by Crippen LogP contribution is 2.25. The summed E-state index contributed by atoms with van der Waals surface area (Å²) >= 11 is 0. The first-order chi connectivity index (χ1) is 11.2. The molecular formula is C19H30N2O3. The number of para-hydroxylation sites is 1. The molecule has 0 atom stereocenters. The van der Waals surface area contributed by atoms with Gasteiger partial charge in [-0.2, -0.15) is 0 Å². The van der Waals surface area contributed by atoms with Crippen molar-refractivity contribution in [2.24, 2.45) is 0 Å². The maximum absolute atomic E-state index is 12.1. The first-order valence-corrected chi connectivity index (χ1v) is 8.74. The molecule has 24 heavy (non-hydrogen) atoms. The molecular weight excluding hydrogens is 304 g/mol. The van der Waals surface area contributed by atoms with Crippen molar-refractivity contribution in [2.75, 3.05) is 25.0 Å². The van der Waals surface area contributed by atoms with E-state index in [9.17, 15) is 9.90 Å². The van der Waals surface area contributed by atoms with E-state index in [4.69, 9.17) is 4.74 Å². The lowest BCUT2D eigenvalue weighted by Crippen LogP contribution is -2.50. The number of piperidine rings is 1. The number of hydrogen-bond acceptors (Lipinski definition) is 4. The van der Waals surface area contributed by atoms with Gasteiger partial charge in [-0.05, 0) is 51.7 Å². The highest BCUT2D eigenvalue weighted by molar-refractivity contribution is 5.68. The Morgan fingerprint density at radius 1 is 1.29 bits per heavy atom. The zero-order valence-corrected chi connectivity index (χ0v) is 15.3. The smallest absolute Gasteiger partial charge is 0.410 e. The van der Waals surface area contributed by atoms with Crippen LogP contribution in [0.5, 0.6) is 0 Å². The van der Waals surface area contributed by atoms with Crippen LogP contribution in [0.25, 0.3) is 0 Å². The van der Waals surface area contributed by atoms with Gasteiger partial charge in [-0.25, -0.2) is 4.79 Å². The molecule has 1 fully saturated rings. The van der Waals surface area contributed by atoms with Gasteiger partial charge in [0.05, 0.1) is 5.60 Å². The minimum Gasteiger partial charge on any atom is -0.444 e. The fourth-order valence-corrected chi connectivity index (χ4v) is 2.87. The van der Waals surface area contributed by atoms with Gasteiger partial charge in [-0.15, -0.1) is 0 Å². The third-order valence-electron chi connectivity index (χ3n) is 4.35. The second kappa shape index (κ2) is 7.43. The lowest BCUT2D eigenvalue weighted by molar-refractivity contribution is -0.0244. The summed E-state index contributed by atoms with van der Waals surface area (Å²) in [6, 6.07) is 8.16. The van der Waals surface area contributed by atoms with Crippen LogP contribution < -0.4 is 5.32 Å². The van der Waals surface area contributed by atoms with E-state index in [2.05, 4.69) is 18.3 Å². The summed E-state index contributed by atoms with van der Waals surface area (Å²) in [7, 11) is 0. The molecule has 2 rings (SSSR count). The second-order valence-electron chi connectivity index (χ2n) is 7.56. The van der Waals surface area contributed by atoms with Crippen LogP contribution in [0.2, 0.25) is 0 Å². The van der Waals surface area contributed by atoms with Gasteiger partial charge in [0.2, 0.25) is 0 Å². The summed E-state index contributed by atoms with van der Waals surface area (Å²) in [4.78, 5) is 13.8. The minimum absolute atomic E-state index is 0.297. The molecule has 0 aromatic heterocycles. The van der Waals surface area contributed by atoms with Crippen LogP contribution in [-0.4, -0.2) is 46.9 Å². The average molecular weight is 334 g/mol. The number of benzene rings is 1. The molecule has 5 heteroatoms. The average Bonchev–Trinajstić information content (AvgIpc) is 2.52. The third-order valence-corrected chi connectivity index (χ3v) is 4.35. The number of aryl methyl sites for hydroxylation is 1. The van der Waals surface area contributed by atoms with Crippen molar-refractivity contribution in [3.63, 3.8) is 0 Å². The fourth-order valence-electron chi connectivity index (χ4n) is 2.87. The van der Waals surface area contributed by atoms with Gasteiger partial charge in [0.15, 0.2) is 0 Å². The van der Waals surface area contributed by atoms with Crippen LogP contribution in [0.4, 0.5) is 10.5 Å². The van der Waals surface area contributed by atoms with Crippen LogP contribution in [-0.2, 0) is 11.2 Å². The zero-order valence-electron chi connectivity index (χ0n) is 15.3. The Morgan fingerprint density at radius 2 is 1.92 bits per heavy atom. The number of rotatable bonds is 4. The van der Waals surface area contributed by atoms with E-state index in [-0.39, 0.29) is 6.09 Å². The molecule has 1 aliphatic heterocycles. The maximum atomic E-state index is 12.1. The largest absolute Gasteiger partial charge is 0.444 e. The van der Waals surface area contributed by atoms with Gasteiger partial charge in [-0.1, -0.05) is 25.1 Å². The van der Waals surface area contributed by atoms with E-state index in [1.54, 1.807) is 4.90 Å². The van der Waals surface area contributed by atoms with E-state index in [1.807, 2.05) is 39.0 Å². The molecule has 1 aromatic rings. The summed E-state index contributed by atoms with van der Waals surface area (Å²) in [5, 5.41) is 14.2. The number of nitrogens with one attached hydrogen (secondary N) is 1. The molecule has 5 nitrogen and oxygen atoms in total. The van der Waals surface area contributed by atoms with Crippen molar-refractivity contribution in [1.82, 2.24) is 4.90 Å². The van der Waals surface area contributed by atoms with Gasteiger partial charge >= 0.3 is 6.09 Å². The van der Waals surface area contributed by atoms with Gasteiger partial charge in [-0.3, -0.25) is 0 Å². The summed E-state index contributed by atoms with van der Waals surface area (Å²) in [5.41, 5.74) is 1.03. The van der Waals surface area contributed by atoms with Gasteiger partial charge in [0, 0.05) is 25.3 Å². The van der Waals surface area contributed by atoms with Crippen molar-refractivity contribution in [2.45, 2.75) is 58.2 Å². The van der Waals surface area contributed by atoms with Crippen molar-refractivity contribution in [1.29, 1.82) is 0 Å². The fraction of sp³-hybridized carbons (Fsp3) is 0.632. The molecule has 0 spiro atoms. The van der Waals surface area contributed by atoms with Gasteiger partial charge < -0.3 is 20.1 Å². The minimum atomic E-state index is -0.792. The molecule has 2 N–H and O–H groups in total. The monoisotopic (exact) mass is 334 g/mol. The molecule has 1 saturated heterocycles. The maximum Gasteiger partial charge on any atom is 0.410 e. The van der Waals surface area contributed by atoms with Gasteiger partial charge in [0.25, 0.3) is 0 Å². The third kappa shape index (κ3) is 5.13. The van der Waals surface area contributed by atoms with E-state index < -0.39 is 11.2 Å². The molecule has 1 heterocycles. The molecule has 1 aromatic carbocycles. The first-order valence-electron chi connectivity index (χ1n) is 8.74. The number of nitrogens with zero attached hydrogens (tertiary/aromatic N) is 1. The SMILES string of the molecule is CCc1ccccc1NCC1(O)CCN(C(=O)OC(C)(C)C)CC1. The molecule has 0 radical (unpaired) electrons. The van der Waals surface area contributed by atoms with Gasteiger partial charge in [0.1, 0.15) is 5.60 Å². The van der Waals surface area contributed by atoms with Crippen molar-refractivity contribution < 1.29 is 14.6 Å². The lowest BCUT2D eigenvalue weighted by atomic mass is 9.91. The summed E-state index contributed by atoms with van der Waals surface area (Å²) < 4.78 is 5.39. The highest BCUT2D eigenvalue weighted by atomic mass is 16.6. The van der Waals surface area contributed by atoms with Crippen LogP contribution in [0.3, 0.4) is 0 Å². The standard InChI is InChI=1S/C19H30N2O3/c1-5-15-8-6-7-9-16(15)20-14-19(23)10-12-21(13-11-19)17(22)24-18(2,3)4/h6-9,20,23H,5,10-14H2,1-4H3. The molecule has 134 valence electrons. The number of ether oxygens (including phenoxy) is 1. The Balaban J connectivity index is 1.87. The first kappa shape index (κ1) is 18.6. The number of anilines is 1. The number of aliphatic hydroxyl groups is 1. The highest BCUT2D eigenvalue weighted by Gasteiger charge is 2.35. The van der Waals surface area contributed by atoms with Crippen molar-refractivity contribution in [3.8, 4) is 0 Å². The number of carbonyl (C=O) groups is 1. The Hall–Kier alpha value is -1.75. The molecule has 0 aliphatic carbocycles. The number of carbonyl (C=O) groups excluding carboxylic acids is 1. The van der Waals surface area contributed by atoms with Crippen LogP contribution >= 0.6 is 0 Å².